The topological polar surface area (TPSA) is 102 Å². The summed E-state index contributed by atoms with van der Waals surface area (Å²) in [6.07, 6.45) is -3.69. The average Bonchev–Trinajstić information content (AvgIpc) is 2.89. The monoisotopic (exact) mass is 415 g/mol. The van der Waals surface area contributed by atoms with Crippen molar-refractivity contribution < 1.29 is 26.4 Å². The fourth-order valence-electron chi connectivity index (χ4n) is 3.21. The molecule has 1 aliphatic heterocycles. The van der Waals surface area contributed by atoms with Gasteiger partial charge in [0.15, 0.2) is 0 Å². The Morgan fingerprint density at radius 2 is 1.93 bits per heavy atom. The first-order valence-corrected chi connectivity index (χ1v) is 9.68. The molecule has 1 aliphatic rings. The van der Waals surface area contributed by atoms with Gasteiger partial charge in [0.25, 0.3) is 5.56 Å². The number of carbonyl (C=O) groups excluding carboxylic acids is 1. The number of amides is 1. The number of alkyl halides is 3. The molecule has 0 radical (unpaired) electrons. The predicted molar refractivity (Wildman–Crippen MR) is 94.2 cm³/mol. The molecule has 0 fully saturated rings. The number of benzene rings is 1. The van der Waals surface area contributed by atoms with E-state index < -0.39 is 39.8 Å². The molecular weight excluding hydrogens is 399 g/mol. The first kappa shape index (κ1) is 20.1. The molecule has 28 heavy (non-hydrogen) atoms. The van der Waals surface area contributed by atoms with Crippen LogP contribution in [0.2, 0.25) is 0 Å². The lowest BCUT2D eigenvalue weighted by Crippen LogP contribution is -2.40. The number of nitrogens with zero attached hydrogens (tertiary/aromatic N) is 2. The highest BCUT2D eigenvalue weighted by molar-refractivity contribution is 7.89. The second-order valence-electron chi connectivity index (χ2n) is 6.53. The quantitative estimate of drug-likeness (QED) is 0.821. The van der Waals surface area contributed by atoms with E-state index in [1.807, 2.05) is 0 Å². The van der Waals surface area contributed by atoms with Crippen LogP contribution in [0.3, 0.4) is 0 Å². The van der Waals surface area contributed by atoms with E-state index >= 15 is 0 Å². The van der Waals surface area contributed by atoms with Gasteiger partial charge in [-0.25, -0.2) is 13.6 Å². The minimum Gasteiger partial charge on any atom is -0.307 e. The van der Waals surface area contributed by atoms with E-state index in [4.69, 9.17) is 5.14 Å². The molecular formula is C17H16F3N3O4S. The maximum atomic E-state index is 12.9. The lowest BCUT2D eigenvalue weighted by molar-refractivity contribution is -0.138. The molecule has 0 aliphatic carbocycles. The molecule has 1 aromatic heterocycles. The summed E-state index contributed by atoms with van der Waals surface area (Å²) in [5.74, 6) is -0.587. The molecule has 150 valence electrons. The fraction of sp³-hybridized carbons (Fsp3) is 0.294. The van der Waals surface area contributed by atoms with Crippen LogP contribution in [0.1, 0.15) is 18.1 Å². The van der Waals surface area contributed by atoms with Crippen LogP contribution in [0, 0.1) is 0 Å². The summed E-state index contributed by atoms with van der Waals surface area (Å²) in [6.45, 7) is 1.13. The second-order valence-corrected chi connectivity index (χ2v) is 8.10. The number of fused-ring (bicyclic) bond motifs is 1. The summed E-state index contributed by atoms with van der Waals surface area (Å²) < 4.78 is 62.3. The highest BCUT2D eigenvalue weighted by Crippen LogP contribution is 2.34. The summed E-state index contributed by atoms with van der Waals surface area (Å²) in [6, 6.07) is 5.10. The molecule has 1 unspecified atom stereocenters. The van der Waals surface area contributed by atoms with Crippen molar-refractivity contribution >= 4 is 21.6 Å². The molecule has 3 rings (SSSR count). The number of sulfonamides is 1. The molecule has 0 bridgehead atoms. The zero-order valence-corrected chi connectivity index (χ0v) is 15.4. The molecule has 2 heterocycles. The zero-order chi connectivity index (χ0) is 20.9. The normalized spacial score (nSPS) is 16.9. The molecule has 0 saturated carbocycles. The standard InChI is InChI=1S/C17H16F3N3O4S/c1-10-6-11-7-13(28(21,26)27)3-4-14(11)23(10)16(25)9-22-8-12(17(18,19)20)2-5-15(22)24/h2-5,7-8,10H,6,9H2,1H3,(H2,21,26,27). The van der Waals surface area contributed by atoms with E-state index in [2.05, 4.69) is 0 Å². The Labute approximate surface area is 158 Å². The van der Waals surface area contributed by atoms with Crippen LogP contribution in [0.5, 0.6) is 0 Å². The minimum absolute atomic E-state index is 0.0955. The minimum atomic E-state index is -4.64. The third kappa shape index (κ3) is 3.80. The van der Waals surface area contributed by atoms with Gasteiger partial charge in [-0.2, -0.15) is 13.2 Å². The molecule has 1 atom stereocenters. The smallest absolute Gasteiger partial charge is 0.307 e. The molecule has 2 aromatic rings. The Hall–Kier alpha value is -2.66. The van der Waals surface area contributed by atoms with E-state index in [0.29, 0.717) is 34.5 Å². The molecule has 0 saturated heterocycles. The summed E-state index contributed by atoms with van der Waals surface area (Å²) >= 11 is 0. The van der Waals surface area contributed by atoms with Crippen molar-refractivity contribution in [3.63, 3.8) is 0 Å². The van der Waals surface area contributed by atoms with Crippen molar-refractivity contribution in [1.29, 1.82) is 0 Å². The summed E-state index contributed by atoms with van der Waals surface area (Å²) in [4.78, 5) is 25.8. The lowest BCUT2D eigenvalue weighted by Gasteiger charge is -2.23. The lowest BCUT2D eigenvalue weighted by atomic mass is 10.1. The number of halogens is 3. The first-order chi connectivity index (χ1) is 12.9. The predicted octanol–water partition coefficient (Wildman–Crippen LogP) is 1.49. The maximum Gasteiger partial charge on any atom is 0.417 e. The molecule has 1 aromatic carbocycles. The second kappa shape index (κ2) is 6.74. The van der Waals surface area contributed by atoms with Crippen LogP contribution < -0.4 is 15.6 Å². The average molecular weight is 415 g/mol. The van der Waals surface area contributed by atoms with E-state index in [-0.39, 0.29) is 10.9 Å². The Balaban J connectivity index is 1.92. The van der Waals surface area contributed by atoms with Gasteiger partial charge < -0.3 is 9.47 Å². The SMILES string of the molecule is CC1Cc2cc(S(N)(=O)=O)ccc2N1C(=O)Cn1cc(C(F)(F)F)ccc1=O. The van der Waals surface area contributed by atoms with Crippen LogP contribution in [-0.4, -0.2) is 24.9 Å². The number of rotatable bonds is 3. The Kier molecular flexibility index (Phi) is 4.84. The van der Waals surface area contributed by atoms with E-state index in [9.17, 15) is 31.2 Å². The Morgan fingerprint density at radius 1 is 1.25 bits per heavy atom. The van der Waals surface area contributed by atoms with Gasteiger partial charge in [-0.1, -0.05) is 0 Å². The van der Waals surface area contributed by atoms with Crippen LogP contribution in [0.4, 0.5) is 18.9 Å². The number of hydrogen-bond acceptors (Lipinski definition) is 4. The van der Waals surface area contributed by atoms with Gasteiger partial charge in [0, 0.05) is 24.0 Å². The van der Waals surface area contributed by atoms with Crippen molar-refractivity contribution in [3.8, 4) is 0 Å². The molecule has 1 amide bonds. The number of anilines is 1. The molecule has 0 spiro atoms. The van der Waals surface area contributed by atoms with E-state index in [0.717, 1.165) is 6.07 Å². The van der Waals surface area contributed by atoms with Crippen LogP contribution in [-0.2, 0) is 34.0 Å². The largest absolute Gasteiger partial charge is 0.417 e. The van der Waals surface area contributed by atoms with E-state index in [1.54, 1.807) is 6.92 Å². The molecule has 7 nitrogen and oxygen atoms in total. The van der Waals surface area contributed by atoms with Gasteiger partial charge >= 0.3 is 6.18 Å². The summed E-state index contributed by atoms with van der Waals surface area (Å²) in [5.41, 5.74) is -0.765. The summed E-state index contributed by atoms with van der Waals surface area (Å²) in [5, 5.41) is 5.11. The number of primary sulfonamides is 1. The van der Waals surface area contributed by atoms with E-state index in [1.165, 1.54) is 23.1 Å². The van der Waals surface area contributed by atoms with Crippen molar-refractivity contribution in [3.05, 3.63) is 58.0 Å². The number of nitrogens with two attached hydrogens (primary N) is 1. The molecule has 2 N–H and O–H groups in total. The van der Waals surface area contributed by atoms with Crippen LogP contribution >= 0.6 is 0 Å². The Bertz CT molecular complexity index is 1110. The zero-order valence-electron chi connectivity index (χ0n) is 14.6. The highest BCUT2D eigenvalue weighted by atomic mass is 32.2. The number of aromatic nitrogens is 1. The van der Waals surface area contributed by atoms with Crippen molar-refractivity contribution in [2.24, 2.45) is 5.14 Å². The van der Waals surface area contributed by atoms with Crippen molar-refractivity contribution in [2.75, 3.05) is 4.90 Å². The number of pyridine rings is 1. The van der Waals surface area contributed by atoms with Gasteiger partial charge in [-0.15, -0.1) is 0 Å². The first-order valence-electron chi connectivity index (χ1n) is 8.13. The Morgan fingerprint density at radius 3 is 2.54 bits per heavy atom. The maximum absolute atomic E-state index is 12.9. The fourth-order valence-corrected chi connectivity index (χ4v) is 3.77. The number of hydrogen-bond donors (Lipinski definition) is 1. The number of carbonyl (C=O) groups is 1. The highest BCUT2D eigenvalue weighted by Gasteiger charge is 2.33. The van der Waals surface area contributed by atoms with Gasteiger partial charge in [0.2, 0.25) is 15.9 Å². The third-order valence-electron chi connectivity index (χ3n) is 4.48. The van der Waals surface area contributed by atoms with Gasteiger partial charge in [-0.3, -0.25) is 9.59 Å². The van der Waals surface area contributed by atoms with Gasteiger partial charge in [0.05, 0.1) is 10.5 Å². The van der Waals surface area contributed by atoms with Gasteiger partial charge in [-0.05, 0) is 43.2 Å². The van der Waals surface area contributed by atoms with Crippen LogP contribution in [0.25, 0.3) is 0 Å². The van der Waals surface area contributed by atoms with Gasteiger partial charge in [0.1, 0.15) is 6.54 Å². The van der Waals surface area contributed by atoms with Crippen molar-refractivity contribution in [1.82, 2.24) is 4.57 Å². The molecule has 11 heteroatoms. The third-order valence-corrected chi connectivity index (χ3v) is 5.39. The van der Waals surface area contributed by atoms with Crippen LogP contribution in [0.15, 0.2) is 46.2 Å². The summed E-state index contributed by atoms with van der Waals surface area (Å²) in [7, 11) is -3.91. The van der Waals surface area contributed by atoms with Crippen molar-refractivity contribution in [2.45, 2.75) is 37.0 Å².